The Bertz CT molecular complexity index is 1050. The molecule has 0 aliphatic rings. The van der Waals surface area contributed by atoms with E-state index in [0.717, 1.165) is 12.0 Å². The maximum absolute atomic E-state index is 13.5. The minimum atomic E-state index is -0.333. The van der Waals surface area contributed by atoms with E-state index in [4.69, 9.17) is 9.15 Å². The molecular formula is C28H35N3O4. The first-order chi connectivity index (χ1) is 17.0. The molecule has 1 atom stereocenters. The van der Waals surface area contributed by atoms with E-state index < -0.39 is 0 Å². The quantitative estimate of drug-likeness (QED) is 0.369. The zero-order chi connectivity index (χ0) is 25.0. The first-order valence-electron chi connectivity index (χ1n) is 12.1. The summed E-state index contributed by atoms with van der Waals surface area (Å²) in [6.07, 6.45) is 3.03. The van der Waals surface area contributed by atoms with Crippen molar-refractivity contribution in [2.75, 3.05) is 25.0 Å². The summed E-state index contributed by atoms with van der Waals surface area (Å²) in [4.78, 5) is 30.1. The molecule has 0 unspecified atom stereocenters. The molecule has 3 amide bonds. The number of carbonyl (C=O) groups is 2. The number of hydrogen-bond donors (Lipinski definition) is 1. The second-order valence-electron chi connectivity index (χ2n) is 8.37. The van der Waals surface area contributed by atoms with E-state index in [1.807, 2.05) is 81.4 Å². The lowest BCUT2D eigenvalue weighted by Gasteiger charge is -2.31. The number of benzene rings is 2. The molecule has 186 valence electrons. The molecule has 1 heterocycles. The lowest BCUT2D eigenvalue weighted by Crippen LogP contribution is -2.48. The number of carbonyl (C=O) groups excluding carboxylic acids is 2. The predicted molar refractivity (Wildman–Crippen MR) is 137 cm³/mol. The third kappa shape index (κ3) is 7.64. The van der Waals surface area contributed by atoms with Gasteiger partial charge in [0.2, 0.25) is 5.91 Å². The molecule has 1 N–H and O–H groups in total. The topological polar surface area (TPSA) is 75.0 Å². The third-order valence-corrected chi connectivity index (χ3v) is 5.91. The van der Waals surface area contributed by atoms with Crippen LogP contribution in [-0.2, 0) is 17.8 Å². The van der Waals surface area contributed by atoms with Crippen molar-refractivity contribution in [1.82, 2.24) is 9.80 Å². The highest BCUT2D eigenvalue weighted by molar-refractivity contribution is 5.93. The molecule has 35 heavy (non-hydrogen) atoms. The smallest absolute Gasteiger partial charge is 0.322 e. The number of amides is 3. The van der Waals surface area contributed by atoms with Gasteiger partial charge in [-0.15, -0.1) is 0 Å². The largest absolute Gasteiger partial charge is 0.492 e. The van der Waals surface area contributed by atoms with Crippen LogP contribution in [0, 0.1) is 0 Å². The number of urea groups is 1. The summed E-state index contributed by atoms with van der Waals surface area (Å²) in [5.41, 5.74) is 1.73. The van der Waals surface area contributed by atoms with Crippen molar-refractivity contribution in [2.24, 2.45) is 0 Å². The number of rotatable bonds is 12. The molecule has 3 rings (SSSR count). The Morgan fingerprint density at radius 3 is 2.43 bits per heavy atom. The van der Waals surface area contributed by atoms with Crippen molar-refractivity contribution < 1.29 is 18.7 Å². The van der Waals surface area contributed by atoms with Gasteiger partial charge in [-0.3, -0.25) is 4.79 Å². The van der Waals surface area contributed by atoms with Gasteiger partial charge >= 0.3 is 6.03 Å². The summed E-state index contributed by atoms with van der Waals surface area (Å²) in [7, 11) is 0. The van der Waals surface area contributed by atoms with Crippen LogP contribution in [0.3, 0.4) is 0 Å². The van der Waals surface area contributed by atoms with Crippen molar-refractivity contribution >= 4 is 17.6 Å². The summed E-state index contributed by atoms with van der Waals surface area (Å²) in [6.45, 7) is 7.17. The van der Waals surface area contributed by atoms with Crippen LogP contribution in [0.2, 0.25) is 0 Å². The van der Waals surface area contributed by atoms with Crippen molar-refractivity contribution in [3.63, 3.8) is 0 Å². The minimum Gasteiger partial charge on any atom is -0.492 e. The van der Waals surface area contributed by atoms with Gasteiger partial charge in [0, 0.05) is 12.6 Å². The lowest BCUT2D eigenvalue weighted by molar-refractivity contribution is -0.133. The molecule has 3 aromatic rings. The Kier molecular flexibility index (Phi) is 9.78. The van der Waals surface area contributed by atoms with E-state index in [2.05, 4.69) is 5.32 Å². The number of hydrogen-bond acceptors (Lipinski definition) is 4. The molecule has 0 aliphatic heterocycles. The van der Waals surface area contributed by atoms with E-state index in [9.17, 15) is 9.59 Å². The van der Waals surface area contributed by atoms with Gasteiger partial charge in [-0.05, 0) is 56.5 Å². The van der Waals surface area contributed by atoms with E-state index in [0.29, 0.717) is 43.3 Å². The van der Waals surface area contributed by atoms with Gasteiger partial charge in [-0.25, -0.2) is 4.79 Å². The van der Waals surface area contributed by atoms with Crippen LogP contribution >= 0.6 is 0 Å². The predicted octanol–water partition coefficient (Wildman–Crippen LogP) is 5.58. The molecule has 0 saturated heterocycles. The minimum absolute atomic E-state index is 0.0346. The van der Waals surface area contributed by atoms with Gasteiger partial charge < -0.3 is 24.3 Å². The second-order valence-corrected chi connectivity index (χ2v) is 8.37. The summed E-state index contributed by atoms with van der Waals surface area (Å²) in [6, 6.07) is 20.5. The molecule has 0 spiro atoms. The van der Waals surface area contributed by atoms with Gasteiger partial charge in [0.25, 0.3) is 0 Å². The fourth-order valence-corrected chi connectivity index (χ4v) is 3.72. The van der Waals surface area contributed by atoms with Crippen molar-refractivity contribution in [3.8, 4) is 5.75 Å². The number of anilines is 1. The van der Waals surface area contributed by atoms with Gasteiger partial charge in [0.05, 0.1) is 25.1 Å². The average Bonchev–Trinajstić information content (AvgIpc) is 3.39. The van der Waals surface area contributed by atoms with Crippen LogP contribution in [0.1, 0.15) is 38.5 Å². The number of para-hydroxylation sites is 2. The SMILES string of the molecule is CCOc1ccccc1NC(=O)N(CC(=O)N(CCc1ccccc1)Cc1ccco1)[C@@H](C)CC. The number of ether oxygens (including phenoxy) is 1. The van der Waals surface area contributed by atoms with E-state index in [-0.39, 0.29) is 24.5 Å². The second kappa shape index (κ2) is 13.2. The summed E-state index contributed by atoms with van der Waals surface area (Å²) in [5, 5.41) is 2.93. The molecule has 0 radical (unpaired) electrons. The van der Waals surface area contributed by atoms with Crippen LogP contribution in [0.15, 0.2) is 77.4 Å². The third-order valence-electron chi connectivity index (χ3n) is 5.91. The van der Waals surface area contributed by atoms with Crippen LogP contribution in [-0.4, -0.2) is 47.5 Å². The summed E-state index contributed by atoms with van der Waals surface area (Å²) < 4.78 is 11.1. The maximum atomic E-state index is 13.5. The number of nitrogens with one attached hydrogen (secondary N) is 1. The first kappa shape index (κ1) is 25.9. The maximum Gasteiger partial charge on any atom is 0.322 e. The average molecular weight is 478 g/mol. The lowest BCUT2D eigenvalue weighted by atomic mass is 10.1. The van der Waals surface area contributed by atoms with Gasteiger partial charge in [0.15, 0.2) is 0 Å². The molecule has 1 aromatic heterocycles. The normalized spacial score (nSPS) is 11.5. The first-order valence-corrected chi connectivity index (χ1v) is 12.1. The van der Waals surface area contributed by atoms with E-state index in [1.165, 1.54) is 0 Å². The Balaban J connectivity index is 1.74. The number of nitrogens with zero attached hydrogens (tertiary/aromatic N) is 2. The molecule has 7 nitrogen and oxygen atoms in total. The molecule has 0 saturated carbocycles. The Hall–Kier alpha value is -3.74. The molecule has 7 heteroatoms. The molecule has 0 fully saturated rings. The fourth-order valence-electron chi connectivity index (χ4n) is 3.72. The molecular weight excluding hydrogens is 442 g/mol. The van der Waals surface area contributed by atoms with Gasteiger partial charge in [-0.2, -0.15) is 0 Å². The zero-order valence-electron chi connectivity index (χ0n) is 20.8. The van der Waals surface area contributed by atoms with Crippen LogP contribution in [0.25, 0.3) is 0 Å². The summed E-state index contributed by atoms with van der Waals surface area (Å²) in [5.74, 6) is 1.17. The van der Waals surface area contributed by atoms with E-state index >= 15 is 0 Å². The van der Waals surface area contributed by atoms with Crippen LogP contribution in [0.5, 0.6) is 5.75 Å². The highest BCUT2D eigenvalue weighted by Crippen LogP contribution is 2.24. The Morgan fingerprint density at radius 1 is 1.00 bits per heavy atom. The van der Waals surface area contributed by atoms with Crippen molar-refractivity contribution in [1.29, 1.82) is 0 Å². The molecule has 2 aromatic carbocycles. The Morgan fingerprint density at radius 2 is 1.74 bits per heavy atom. The monoisotopic (exact) mass is 477 g/mol. The fraction of sp³-hybridized carbons (Fsp3) is 0.357. The van der Waals surface area contributed by atoms with Crippen LogP contribution < -0.4 is 10.1 Å². The zero-order valence-corrected chi connectivity index (χ0v) is 20.8. The Labute approximate surface area is 207 Å². The standard InChI is InChI=1S/C28H35N3O4/c1-4-22(3)31(28(33)29-25-15-9-10-16-26(25)34-5-2)21-27(32)30(20-24-14-11-19-35-24)18-17-23-12-7-6-8-13-23/h6-16,19,22H,4-5,17-18,20-21H2,1-3H3,(H,29,33)/t22-/m0/s1. The summed E-state index contributed by atoms with van der Waals surface area (Å²) >= 11 is 0. The van der Waals surface area contributed by atoms with Gasteiger partial charge in [-0.1, -0.05) is 49.4 Å². The van der Waals surface area contributed by atoms with Crippen LogP contribution in [0.4, 0.5) is 10.5 Å². The molecule has 0 aliphatic carbocycles. The van der Waals surface area contributed by atoms with Crippen molar-refractivity contribution in [3.05, 3.63) is 84.3 Å². The molecule has 0 bridgehead atoms. The number of furan rings is 1. The van der Waals surface area contributed by atoms with E-state index in [1.54, 1.807) is 22.1 Å². The highest BCUT2D eigenvalue weighted by atomic mass is 16.5. The van der Waals surface area contributed by atoms with Crippen molar-refractivity contribution in [2.45, 2.75) is 46.2 Å². The van der Waals surface area contributed by atoms with Gasteiger partial charge in [0.1, 0.15) is 18.1 Å². The highest BCUT2D eigenvalue weighted by Gasteiger charge is 2.26.